The topological polar surface area (TPSA) is 18.5 Å². The van der Waals surface area contributed by atoms with Gasteiger partial charge in [-0.05, 0) is 43.5 Å². The van der Waals surface area contributed by atoms with Crippen LogP contribution in [0.3, 0.4) is 0 Å². The molecule has 30 heavy (non-hydrogen) atoms. The van der Waals surface area contributed by atoms with Crippen LogP contribution < -0.4 is 4.74 Å². The molecule has 1 aliphatic carbocycles. The lowest BCUT2D eigenvalue weighted by Crippen LogP contribution is -2.41. The average Bonchev–Trinajstić information content (AvgIpc) is 2.68. The lowest BCUT2D eigenvalue weighted by Gasteiger charge is -2.36. The molecular formula is C22H18F6O2. The van der Waals surface area contributed by atoms with Gasteiger partial charge in [-0.1, -0.05) is 23.8 Å². The van der Waals surface area contributed by atoms with Crippen LogP contribution in [0, 0.1) is 11.6 Å². The fourth-order valence-electron chi connectivity index (χ4n) is 3.93. The highest BCUT2D eigenvalue weighted by Gasteiger charge is 2.65. The van der Waals surface area contributed by atoms with Gasteiger partial charge in [0.15, 0.2) is 11.6 Å². The van der Waals surface area contributed by atoms with Gasteiger partial charge in [-0.15, -0.1) is 0 Å². The van der Waals surface area contributed by atoms with Crippen molar-refractivity contribution in [3.05, 3.63) is 64.2 Å². The third-order valence-corrected chi connectivity index (χ3v) is 5.43. The molecule has 8 heteroatoms. The van der Waals surface area contributed by atoms with Gasteiger partial charge in [0.2, 0.25) is 0 Å². The van der Waals surface area contributed by atoms with E-state index in [0.29, 0.717) is 0 Å². The number of alkyl halides is 4. The van der Waals surface area contributed by atoms with Crippen molar-refractivity contribution in [3.63, 3.8) is 0 Å². The van der Waals surface area contributed by atoms with Crippen LogP contribution >= 0.6 is 0 Å². The van der Waals surface area contributed by atoms with Crippen LogP contribution in [0.1, 0.15) is 43.1 Å². The Labute approximate surface area is 169 Å². The maximum Gasteiger partial charge on any atom is 0.343 e. The number of ether oxygens (including phenoxy) is 2. The molecule has 0 spiro atoms. The van der Waals surface area contributed by atoms with E-state index in [-0.39, 0.29) is 25.2 Å². The van der Waals surface area contributed by atoms with Gasteiger partial charge in [-0.3, -0.25) is 0 Å². The Kier molecular flexibility index (Phi) is 4.88. The van der Waals surface area contributed by atoms with Crippen molar-refractivity contribution in [2.24, 2.45) is 0 Å². The molecule has 0 bridgehead atoms. The summed E-state index contributed by atoms with van der Waals surface area (Å²) in [5, 5.41) is 0. The van der Waals surface area contributed by atoms with Gasteiger partial charge in [0, 0.05) is 5.56 Å². The molecule has 0 saturated heterocycles. The SMILES string of the molecule is CCOc1ccc2c(c1F)C(F)(F)C(F)(F)c1c-2ccc(C2CC=C(C)CO2)c1F. The van der Waals surface area contributed by atoms with Crippen molar-refractivity contribution in [1.29, 1.82) is 0 Å². The summed E-state index contributed by atoms with van der Waals surface area (Å²) in [5.74, 6) is -13.6. The number of fused-ring (bicyclic) bond motifs is 3. The Morgan fingerprint density at radius 2 is 1.57 bits per heavy atom. The minimum absolute atomic E-state index is 0.0401. The van der Waals surface area contributed by atoms with Crippen molar-refractivity contribution in [1.82, 2.24) is 0 Å². The Balaban J connectivity index is 1.95. The molecule has 2 aliphatic rings. The van der Waals surface area contributed by atoms with Crippen LogP contribution in [0.15, 0.2) is 35.9 Å². The van der Waals surface area contributed by atoms with Gasteiger partial charge in [0.25, 0.3) is 0 Å². The van der Waals surface area contributed by atoms with Gasteiger partial charge in [0.1, 0.15) is 5.82 Å². The summed E-state index contributed by atoms with van der Waals surface area (Å²) in [6.07, 6.45) is 1.13. The van der Waals surface area contributed by atoms with E-state index in [0.717, 1.165) is 23.8 Å². The molecule has 0 radical (unpaired) electrons. The van der Waals surface area contributed by atoms with Gasteiger partial charge in [-0.2, -0.15) is 17.6 Å². The predicted molar refractivity (Wildman–Crippen MR) is 97.8 cm³/mol. The van der Waals surface area contributed by atoms with Gasteiger partial charge < -0.3 is 9.47 Å². The summed E-state index contributed by atoms with van der Waals surface area (Å²) >= 11 is 0. The number of benzene rings is 2. The molecule has 2 nitrogen and oxygen atoms in total. The van der Waals surface area contributed by atoms with Gasteiger partial charge in [-0.25, -0.2) is 8.78 Å². The van der Waals surface area contributed by atoms with Crippen LogP contribution in [0.2, 0.25) is 0 Å². The van der Waals surface area contributed by atoms with Crippen LogP contribution in [-0.2, 0) is 16.6 Å². The molecule has 1 aliphatic heterocycles. The summed E-state index contributed by atoms with van der Waals surface area (Å²) in [6, 6.07) is 4.47. The molecule has 1 heterocycles. The van der Waals surface area contributed by atoms with Crippen molar-refractivity contribution in [2.75, 3.05) is 13.2 Å². The maximum absolute atomic E-state index is 15.2. The normalized spacial score (nSPS) is 21.5. The molecule has 1 atom stereocenters. The maximum atomic E-state index is 15.2. The quantitative estimate of drug-likeness (QED) is 0.403. The molecule has 1 unspecified atom stereocenters. The van der Waals surface area contributed by atoms with Gasteiger partial charge in [0.05, 0.1) is 30.4 Å². The Morgan fingerprint density at radius 1 is 0.967 bits per heavy atom. The third kappa shape index (κ3) is 2.84. The van der Waals surface area contributed by atoms with E-state index in [1.54, 1.807) is 13.0 Å². The van der Waals surface area contributed by atoms with E-state index in [1.807, 2.05) is 0 Å². The Bertz CT molecular complexity index is 1040. The second-order valence-electron chi connectivity index (χ2n) is 7.36. The molecule has 0 N–H and O–H groups in total. The Morgan fingerprint density at radius 3 is 2.13 bits per heavy atom. The average molecular weight is 428 g/mol. The van der Waals surface area contributed by atoms with Crippen LogP contribution in [0.25, 0.3) is 11.1 Å². The molecule has 160 valence electrons. The zero-order chi connectivity index (χ0) is 21.8. The van der Waals surface area contributed by atoms with Crippen LogP contribution in [0.4, 0.5) is 26.3 Å². The van der Waals surface area contributed by atoms with Crippen molar-refractivity contribution < 1.29 is 35.8 Å². The predicted octanol–water partition coefficient (Wildman–Crippen LogP) is 6.64. The lowest BCUT2D eigenvalue weighted by atomic mass is 9.78. The zero-order valence-corrected chi connectivity index (χ0v) is 16.2. The third-order valence-electron chi connectivity index (χ3n) is 5.43. The first-order chi connectivity index (χ1) is 14.1. The standard InChI is InChI=1S/C22H18F6O2/c1-3-29-16-9-7-13-12-5-6-14(15-8-4-11(2)10-30-15)19(23)17(12)21(25,26)22(27,28)18(13)20(16)24/h4-7,9,15H,3,8,10H2,1-2H3. The largest absolute Gasteiger partial charge is 0.491 e. The van der Waals surface area contributed by atoms with Crippen LogP contribution in [-0.4, -0.2) is 13.2 Å². The highest BCUT2D eigenvalue weighted by molar-refractivity contribution is 5.77. The van der Waals surface area contributed by atoms with E-state index in [1.165, 1.54) is 13.0 Å². The number of hydrogen-bond acceptors (Lipinski definition) is 2. The summed E-state index contributed by atoms with van der Waals surface area (Å²) in [6.45, 7) is 3.45. The first-order valence-corrected chi connectivity index (χ1v) is 9.43. The summed E-state index contributed by atoms with van der Waals surface area (Å²) in [5.41, 5.74) is -3.25. The number of rotatable bonds is 3. The molecular weight excluding hydrogens is 410 g/mol. The second kappa shape index (κ2) is 7.04. The fraction of sp³-hybridized carbons (Fsp3) is 0.364. The molecule has 0 saturated carbocycles. The second-order valence-corrected chi connectivity index (χ2v) is 7.36. The molecule has 0 amide bonds. The zero-order valence-electron chi connectivity index (χ0n) is 16.2. The minimum atomic E-state index is -4.98. The minimum Gasteiger partial charge on any atom is -0.491 e. The lowest BCUT2D eigenvalue weighted by molar-refractivity contribution is -0.228. The summed E-state index contributed by atoms with van der Waals surface area (Å²) in [4.78, 5) is 0. The van der Waals surface area contributed by atoms with Crippen molar-refractivity contribution >= 4 is 0 Å². The van der Waals surface area contributed by atoms with E-state index in [4.69, 9.17) is 9.47 Å². The monoisotopic (exact) mass is 428 g/mol. The van der Waals surface area contributed by atoms with E-state index in [2.05, 4.69) is 0 Å². The first kappa shape index (κ1) is 20.8. The van der Waals surface area contributed by atoms with E-state index < -0.39 is 57.6 Å². The molecule has 2 aromatic rings. The van der Waals surface area contributed by atoms with Crippen molar-refractivity contribution in [2.45, 2.75) is 38.2 Å². The van der Waals surface area contributed by atoms with E-state index in [9.17, 15) is 22.0 Å². The van der Waals surface area contributed by atoms with Gasteiger partial charge >= 0.3 is 11.8 Å². The Hall–Kier alpha value is -2.48. The molecule has 2 aromatic carbocycles. The number of hydrogen-bond donors (Lipinski definition) is 0. The molecule has 0 aromatic heterocycles. The number of halogens is 6. The van der Waals surface area contributed by atoms with Crippen LogP contribution in [0.5, 0.6) is 5.75 Å². The highest BCUT2D eigenvalue weighted by atomic mass is 19.3. The smallest absolute Gasteiger partial charge is 0.343 e. The fourth-order valence-corrected chi connectivity index (χ4v) is 3.93. The highest BCUT2D eigenvalue weighted by Crippen LogP contribution is 2.60. The summed E-state index contributed by atoms with van der Waals surface area (Å²) in [7, 11) is 0. The molecule has 4 rings (SSSR count). The molecule has 0 fully saturated rings. The van der Waals surface area contributed by atoms with Crippen molar-refractivity contribution in [3.8, 4) is 16.9 Å². The van der Waals surface area contributed by atoms with E-state index >= 15 is 4.39 Å². The first-order valence-electron chi connectivity index (χ1n) is 9.43. The summed E-state index contributed by atoms with van der Waals surface area (Å²) < 4.78 is 100.